The first-order valence-corrected chi connectivity index (χ1v) is 10.4. The van der Waals surface area contributed by atoms with Gasteiger partial charge < -0.3 is 19.7 Å². The molecular weight excluding hydrogens is 394 g/mol. The van der Waals surface area contributed by atoms with Crippen molar-refractivity contribution in [1.29, 1.82) is 0 Å². The van der Waals surface area contributed by atoms with E-state index in [9.17, 15) is 9.59 Å². The quantitative estimate of drug-likeness (QED) is 0.783. The highest BCUT2D eigenvalue weighted by Gasteiger charge is 2.20. The minimum atomic E-state index is -0.564. The Bertz CT molecular complexity index is 860. The second kappa shape index (κ2) is 9.10. The van der Waals surface area contributed by atoms with Crippen molar-refractivity contribution in [3.8, 4) is 11.5 Å². The molecule has 1 fully saturated rings. The average Bonchev–Trinajstić information content (AvgIpc) is 3.15. The van der Waals surface area contributed by atoms with Crippen molar-refractivity contribution >= 4 is 34.1 Å². The number of carbonyl (C=O) groups is 2. The van der Waals surface area contributed by atoms with Gasteiger partial charge in [0.05, 0.1) is 6.54 Å². The molecular formula is C19H23N5O4S. The number of benzene rings is 1. The van der Waals surface area contributed by atoms with Crippen LogP contribution >= 0.6 is 11.3 Å². The van der Waals surface area contributed by atoms with Gasteiger partial charge in [0.25, 0.3) is 0 Å². The summed E-state index contributed by atoms with van der Waals surface area (Å²) in [5.74, 6) is 0.892. The summed E-state index contributed by atoms with van der Waals surface area (Å²) in [6.07, 6.45) is 2.74. The Kier molecular flexibility index (Phi) is 6.11. The van der Waals surface area contributed by atoms with Gasteiger partial charge in [0.15, 0.2) is 16.6 Å². The van der Waals surface area contributed by atoms with E-state index in [-0.39, 0.29) is 12.5 Å². The summed E-state index contributed by atoms with van der Waals surface area (Å²) < 4.78 is 11.0. The number of fused-ring (bicyclic) bond motifs is 1. The van der Waals surface area contributed by atoms with Crippen LogP contribution in [0.25, 0.3) is 0 Å². The maximum Gasteiger partial charge on any atom is 0.325 e. The van der Waals surface area contributed by atoms with Crippen LogP contribution in [0.15, 0.2) is 29.8 Å². The molecule has 3 heterocycles. The summed E-state index contributed by atoms with van der Waals surface area (Å²) in [6, 6.07) is 4.56. The summed E-state index contributed by atoms with van der Waals surface area (Å²) in [4.78, 5) is 33.1. The average molecular weight is 417 g/mol. The van der Waals surface area contributed by atoms with Gasteiger partial charge in [-0.15, -0.1) is 11.3 Å². The molecule has 2 aliphatic heterocycles. The topological polar surface area (TPSA) is 96.0 Å². The first-order valence-electron chi connectivity index (χ1n) is 9.55. The summed E-state index contributed by atoms with van der Waals surface area (Å²) >= 11 is 1.62. The number of nitrogens with one attached hydrogen (secondary N) is 2. The molecule has 1 saturated heterocycles. The fourth-order valence-corrected chi connectivity index (χ4v) is 4.04. The van der Waals surface area contributed by atoms with Crippen LogP contribution in [-0.4, -0.2) is 67.8 Å². The van der Waals surface area contributed by atoms with Gasteiger partial charge in [-0.1, -0.05) is 0 Å². The Balaban J connectivity index is 1.24. The number of rotatable bonds is 4. The van der Waals surface area contributed by atoms with E-state index in [1.807, 2.05) is 5.38 Å². The second-order valence-electron chi connectivity index (χ2n) is 6.79. The Labute approximate surface area is 172 Å². The van der Waals surface area contributed by atoms with Gasteiger partial charge >= 0.3 is 6.03 Å². The molecule has 0 unspecified atom stereocenters. The second-order valence-corrected chi connectivity index (χ2v) is 7.67. The van der Waals surface area contributed by atoms with E-state index in [2.05, 4.69) is 25.4 Å². The molecule has 2 aromatic rings. The maximum absolute atomic E-state index is 12.3. The van der Waals surface area contributed by atoms with Crippen molar-refractivity contribution in [1.82, 2.24) is 15.2 Å². The largest absolute Gasteiger partial charge is 0.486 e. The van der Waals surface area contributed by atoms with Crippen LogP contribution in [0.5, 0.6) is 11.5 Å². The fourth-order valence-electron chi connectivity index (χ4n) is 3.35. The predicted molar refractivity (Wildman–Crippen MR) is 110 cm³/mol. The summed E-state index contributed by atoms with van der Waals surface area (Å²) in [5, 5.41) is 8.02. The van der Waals surface area contributed by atoms with Gasteiger partial charge in [-0.25, -0.2) is 9.78 Å². The monoisotopic (exact) mass is 417 g/mol. The van der Waals surface area contributed by atoms with Crippen molar-refractivity contribution in [3.63, 3.8) is 0 Å². The molecule has 29 heavy (non-hydrogen) atoms. The minimum absolute atomic E-state index is 0.181. The Morgan fingerprint density at radius 1 is 1.10 bits per heavy atom. The molecule has 10 heteroatoms. The van der Waals surface area contributed by atoms with E-state index in [0.29, 0.717) is 30.4 Å². The van der Waals surface area contributed by atoms with Crippen LogP contribution in [0.4, 0.5) is 15.6 Å². The van der Waals surface area contributed by atoms with Crippen LogP contribution < -0.4 is 25.0 Å². The Hall–Kier alpha value is -2.85. The van der Waals surface area contributed by atoms with E-state index in [1.54, 1.807) is 35.7 Å². The molecule has 2 aliphatic rings. The zero-order valence-corrected chi connectivity index (χ0v) is 16.7. The van der Waals surface area contributed by atoms with Crippen molar-refractivity contribution in [2.45, 2.75) is 6.42 Å². The van der Waals surface area contributed by atoms with Crippen molar-refractivity contribution < 1.29 is 19.1 Å². The molecule has 0 radical (unpaired) electrons. The molecule has 0 atom stereocenters. The Morgan fingerprint density at radius 2 is 1.97 bits per heavy atom. The molecule has 4 rings (SSSR count). The number of ether oxygens (including phenoxy) is 2. The molecule has 0 aliphatic carbocycles. The van der Waals surface area contributed by atoms with Gasteiger partial charge in [0.1, 0.15) is 13.2 Å². The highest BCUT2D eigenvalue weighted by molar-refractivity contribution is 7.13. The van der Waals surface area contributed by atoms with Crippen LogP contribution in [-0.2, 0) is 4.79 Å². The molecule has 3 amide bonds. The number of imide groups is 1. The number of anilines is 2. The molecule has 9 nitrogen and oxygen atoms in total. The summed E-state index contributed by atoms with van der Waals surface area (Å²) in [7, 11) is 0. The van der Waals surface area contributed by atoms with E-state index in [1.165, 1.54) is 0 Å². The highest BCUT2D eigenvalue weighted by Crippen LogP contribution is 2.32. The minimum Gasteiger partial charge on any atom is -0.486 e. The van der Waals surface area contributed by atoms with Crippen molar-refractivity contribution in [2.75, 3.05) is 56.2 Å². The van der Waals surface area contributed by atoms with E-state index in [4.69, 9.17) is 9.47 Å². The third-order valence-electron chi connectivity index (χ3n) is 4.70. The molecule has 2 N–H and O–H groups in total. The molecule has 1 aromatic carbocycles. The number of hydrogen-bond acceptors (Lipinski definition) is 8. The summed E-state index contributed by atoms with van der Waals surface area (Å²) in [5.41, 5.74) is 0.536. The molecule has 0 saturated carbocycles. The number of nitrogens with zero attached hydrogens (tertiary/aromatic N) is 3. The van der Waals surface area contributed by atoms with Crippen molar-refractivity contribution in [2.24, 2.45) is 0 Å². The Morgan fingerprint density at radius 3 is 2.79 bits per heavy atom. The van der Waals surface area contributed by atoms with E-state index in [0.717, 1.165) is 37.7 Å². The maximum atomic E-state index is 12.3. The van der Waals surface area contributed by atoms with Crippen LogP contribution in [0.3, 0.4) is 0 Å². The third kappa shape index (κ3) is 5.15. The molecule has 154 valence electrons. The van der Waals surface area contributed by atoms with Gasteiger partial charge in [-0.3, -0.25) is 15.0 Å². The van der Waals surface area contributed by atoms with Crippen LogP contribution in [0, 0.1) is 0 Å². The smallest absolute Gasteiger partial charge is 0.325 e. The van der Waals surface area contributed by atoms with Crippen LogP contribution in [0.2, 0.25) is 0 Å². The lowest BCUT2D eigenvalue weighted by atomic mass is 10.2. The highest BCUT2D eigenvalue weighted by atomic mass is 32.1. The lowest BCUT2D eigenvalue weighted by Crippen LogP contribution is -2.43. The molecule has 1 aromatic heterocycles. The van der Waals surface area contributed by atoms with Crippen molar-refractivity contribution in [3.05, 3.63) is 29.8 Å². The SMILES string of the molecule is O=C(CN1CCCN(c2nccs2)CC1)NC(=O)Nc1ccc2c(c1)OCCO2. The number of amides is 3. The first kappa shape index (κ1) is 19.5. The lowest BCUT2D eigenvalue weighted by Gasteiger charge is -2.21. The van der Waals surface area contributed by atoms with Gasteiger partial charge in [-0.05, 0) is 18.6 Å². The van der Waals surface area contributed by atoms with Crippen LogP contribution in [0.1, 0.15) is 6.42 Å². The van der Waals surface area contributed by atoms with Gasteiger partial charge in [0, 0.05) is 49.5 Å². The molecule has 0 spiro atoms. The van der Waals surface area contributed by atoms with Gasteiger partial charge in [0.2, 0.25) is 5.91 Å². The predicted octanol–water partition coefficient (Wildman–Crippen LogP) is 1.77. The number of hydrogen-bond donors (Lipinski definition) is 2. The number of thiazole rings is 1. The van der Waals surface area contributed by atoms with E-state index >= 15 is 0 Å². The summed E-state index contributed by atoms with van der Waals surface area (Å²) in [6.45, 7) is 4.43. The lowest BCUT2D eigenvalue weighted by molar-refractivity contribution is -0.121. The number of aromatic nitrogens is 1. The van der Waals surface area contributed by atoms with Gasteiger partial charge in [-0.2, -0.15) is 0 Å². The zero-order chi connectivity index (χ0) is 20.1. The number of urea groups is 1. The molecule has 0 bridgehead atoms. The standard InChI is InChI=1S/C19H23N5O4S/c25-17(13-23-5-1-6-24(8-7-23)19-20-4-11-29-19)22-18(26)21-14-2-3-15-16(12-14)28-10-9-27-15/h2-4,11-12H,1,5-10,13H2,(H2,21,22,25,26). The first-order chi connectivity index (χ1) is 14.2. The third-order valence-corrected chi connectivity index (χ3v) is 5.53. The van der Waals surface area contributed by atoms with E-state index < -0.39 is 6.03 Å². The fraction of sp³-hybridized carbons (Fsp3) is 0.421. The normalized spacial score (nSPS) is 16.8. The zero-order valence-electron chi connectivity index (χ0n) is 15.9. The number of carbonyl (C=O) groups excluding carboxylic acids is 2.